The van der Waals surface area contributed by atoms with Crippen LogP contribution >= 0.6 is 11.6 Å². The molecule has 2 aliphatic rings. The summed E-state index contributed by atoms with van der Waals surface area (Å²) in [5.41, 5.74) is -0.459. The van der Waals surface area contributed by atoms with Crippen LogP contribution in [-0.4, -0.2) is 42.9 Å². The van der Waals surface area contributed by atoms with Gasteiger partial charge in [-0.3, -0.25) is 0 Å². The number of nitrogens with zero attached hydrogens (tertiary/aromatic N) is 5. The summed E-state index contributed by atoms with van der Waals surface area (Å²) in [5.74, 6) is -2.63. The van der Waals surface area contributed by atoms with Crippen LogP contribution in [0, 0.1) is 17.5 Å². The highest BCUT2D eigenvalue weighted by Gasteiger charge is 2.43. The maximum absolute atomic E-state index is 14.7. The Morgan fingerprint density at radius 1 is 1.04 bits per heavy atom. The summed E-state index contributed by atoms with van der Waals surface area (Å²) in [4.78, 5) is 10.2. The predicted octanol–water partition coefficient (Wildman–Crippen LogP) is 3.35. The minimum atomic E-state index is -1.08. The van der Waals surface area contributed by atoms with E-state index in [1.807, 2.05) is 4.90 Å². The molecule has 0 radical (unpaired) electrons. The Labute approximate surface area is 162 Å². The van der Waals surface area contributed by atoms with Gasteiger partial charge >= 0.3 is 0 Å². The fourth-order valence-corrected chi connectivity index (χ4v) is 4.79. The molecule has 2 aliphatic heterocycles. The van der Waals surface area contributed by atoms with Crippen LogP contribution in [0.2, 0.25) is 5.15 Å². The third-order valence-electron chi connectivity index (χ3n) is 5.57. The zero-order valence-electron chi connectivity index (χ0n) is 14.5. The van der Waals surface area contributed by atoms with Gasteiger partial charge < -0.3 is 10.0 Å². The number of aliphatic hydroxyl groups excluding tert-OH is 1. The van der Waals surface area contributed by atoms with Gasteiger partial charge in [0.25, 0.3) is 5.78 Å². The molecule has 6 nitrogen and oxygen atoms in total. The van der Waals surface area contributed by atoms with Gasteiger partial charge in [-0.2, -0.15) is 19.6 Å². The first-order valence-corrected chi connectivity index (χ1v) is 9.32. The van der Waals surface area contributed by atoms with Crippen molar-refractivity contribution in [2.24, 2.45) is 0 Å². The quantitative estimate of drug-likeness (QED) is 0.657. The molecule has 1 N–H and O–H groups in total. The summed E-state index contributed by atoms with van der Waals surface area (Å²) < 4.78 is 44.2. The Balaban J connectivity index is 1.82. The van der Waals surface area contributed by atoms with E-state index >= 15 is 0 Å². The Morgan fingerprint density at radius 3 is 2.32 bits per heavy atom. The van der Waals surface area contributed by atoms with E-state index in [0.717, 1.165) is 12.8 Å². The highest BCUT2D eigenvalue weighted by molar-refractivity contribution is 6.33. The molecule has 3 aromatic rings. The molecule has 0 aliphatic carbocycles. The molecule has 4 heterocycles. The maximum atomic E-state index is 14.7. The molecule has 5 rings (SSSR count). The molecule has 2 fully saturated rings. The number of hydrogen-bond acceptors (Lipinski definition) is 5. The lowest BCUT2D eigenvalue weighted by Gasteiger charge is -2.39. The van der Waals surface area contributed by atoms with E-state index in [1.165, 1.54) is 10.8 Å². The van der Waals surface area contributed by atoms with Gasteiger partial charge in [-0.15, -0.1) is 0 Å². The van der Waals surface area contributed by atoms with Crippen molar-refractivity contribution >= 4 is 23.2 Å². The fraction of sp³-hybridized carbons (Fsp3) is 0.389. The second-order valence-electron chi connectivity index (χ2n) is 7.23. The monoisotopic (exact) mass is 409 g/mol. The van der Waals surface area contributed by atoms with E-state index in [0.29, 0.717) is 30.8 Å². The summed E-state index contributed by atoms with van der Waals surface area (Å²) in [6.45, 7) is 0. The highest BCUT2D eigenvalue weighted by Crippen LogP contribution is 2.46. The molecule has 0 saturated carbocycles. The zero-order valence-corrected chi connectivity index (χ0v) is 15.2. The summed E-state index contributed by atoms with van der Waals surface area (Å²) >= 11 is 6.35. The third-order valence-corrected chi connectivity index (χ3v) is 5.84. The van der Waals surface area contributed by atoms with Crippen LogP contribution in [0.3, 0.4) is 0 Å². The third kappa shape index (κ3) is 2.56. The van der Waals surface area contributed by atoms with E-state index in [9.17, 15) is 18.3 Å². The van der Waals surface area contributed by atoms with Crippen molar-refractivity contribution in [2.45, 2.75) is 43.9 Å². The molecular weight excluding hydrogens is 395 g/mol. The van der Waals surface area contributed by atoms with Crippen molar-refractivity contribution in [1.82, 2.24) is 19.6 Å². The summed E-state index contributed by atoms with van der Waals surface area (Å²) in [6.07, 6.45) is 3.56. The first-order chi connectivity index (χ1) is 13.4. The van der Waals surface area contributed by atoms with Gasteiger partial charge in [0.05, 0.1) is 17.2 Å². The van der Waals surface area contributed by atoms with Gasteiger partial charge in [0.1, 0.15) is 34.7 Å². The second-order valence-corrected chi connectivity index (χ2v) is 7.59. The lowest BCUT2D eigenvalue weighted by Crippen LogP contribution is -2.46. The zero-order chi connectivity index (χ0) is 19.6. The first kappa shape index (κ1) is 17.7. The van der Waals surface area contributed by atoms with Gasteiger partial charge in [0.2, 0.25) is 0 Å². The van der Waals surface area contributed by atoms with E-state index in [2.05, 4.69) is 15.1 Å². The lowest BCUT2D eigenvalue weighted by atomic mass is 9.98. The molecule has 0 spiro atoms. The number of piperidine rings is 1. The molecule has 28 heavy (non-hydrogen) atoms. The average molecular weight is 410 g/mol. The Kier molecular flexibility index (Phi) is 3.99. The summed E-state index contributed by atoms with van der Waals surface area (Å²) in [5, 5.41) is 14.2. The number of fused-ring (bicyclic) bond motifs is 3. The minimum absolute atomic E-state index is 0.00274. The molecule has 10 heteroatoms. The van der Waals surface area contributed by atoms with Crippen molar-refractivity contribution in [3.05, 3.63) is 41.1 Å². The van der Waals surface area contributed by atoms with E-state index in [1.54, 1.807) is 0 Å². The normalized spacial score (nSPS) is 24.3. The van der Waals surface area contributed by atoms with Crippen LogP contribution in [0.5, 0.6) is 0 Å². The molecule has 0 amide bonds. The minimum Gasteiger partial charge on any atom is -0.393 e. The topological polar surface area (TPSA) is 66.5 Å². The van der Waals surface area contributed by atoms with E-state index in [4.69, 9.17) is 11.6 Å². The maximum Gasteiger partial charge on any atom is 0.255 e. The van der Waals surface area contributed by atoms with Crippen LogP contribution in [0.25, 0.3) is 16.9 Å². The molecule has 2 aromatic heterocycles. The van der Waals surface area contributed by atoms with E-state index in [-0.39, 0.29) is 28.6 Å². The van der Waals surface area contributed by atoms with Crippen molar-refractivity contribution in [2.75, 3.05) is 4.90 Å². The van der Waals surface area contributed by atoms with Crippen LogP contribution in [-0.2, 0) is 0 Å². The standard InChI is InChI=1S/C18H15ClF3N5O/c19-16-15(14-12(21)3-8(20)4-13(14)22)17(27-18(25-16)23-7-24-27)26-9-1-2-10(26)6-11(28)5-9/h3-4,7,9-11,28H,1-2,5-6H2. The largest absolute Gasteiger partial charge is 0.393 e. The van der Waals surface area contributed by atoms with Gasteiger partial charge in [0.15, 0.2) is 0 Å². The van der Waals surface area contributed by atoms with Crippen molar-refractivity contribution in [1.29, 1.82) is 0 Å². The molecule has 2 saturated heterocycles. The second kappa shape index (κ2) is 6.31. The summed E-state index contributed by atoms with van der Waals surface area (Å²) in [6, 6.07) is 1.15. The lowest BCUT2D eigenvalue weighted by molar-refractivity contribution is 0.126. The number of halogens is 4. The average Bonchev–Trinajstić information content (AvgIpc) is 3.17. The molecule has 146 valence electrons. The predicted molar refractivity (Wildman–Crippen MR) is 95.6 cm³/mol. The van der Waals surface area contributed by atoms with Crippen molar-refractivity contribution in [3.63, 3.8) is 0 Å². The molecular formula is C18H15ClF3N5O. The number of aliphatic hydroxyl groups is 1. The Morgan fingerprint density at radius 2 is 1.68 bits per heavy atom. The SMILES string of the molecule is OC1CC2CCC(C1)N2c1c(-c2c(F)cc(F)cc2F)c(Cl)nc2ncnn12. The highest BCUT2D eigenvalue weighted by atomic mass is 35.5. The van der Waals surface area contributed by atoms with Gasteiger partial charge in [-0.1, -0.05) is 11.6 Å². The van der Waals surface area contributed by atoms with Gasteiger partial charge in [-0.25, -0.2) is 13.2 Å². The number of rotatable bonds is 2. The van der Waals surface area contributed by atoms with Crippen LogP contribution in [0.4, 0.5) is 19.0 Å². The number of benzene rings is 1. The molecule has 2 unspecified atom stereocenters. The fourth-order valence-electron chi connectivity index (χ4n) is 4.53. The van der Waals surface area contributed by atoms with Crippen molar-refractivity contribution < 1.29 is 18.3 Å². The smallest absolute Gasteiger partial charge is 0.255 e. The molecule has 2 bridgehead atoms. The number of anilines is 1. The number of aromatic nitrogens is 4. The first-order valence-electron chi connectivity index (χ1n) is 8.94. The van der Waals surface area contributed by atoms with E-state index < -0.39 is 29.1 Å². The Bertz CT molecular complexity index is 1050. The molecule has 2 atom stereocenters. The number of hydrogen-bond donors (Lipinski definition) is 1. The Hall–Kier alpha value is -2.39. The van der Waals surface area contributed by atoms with Crippen molar-refractivity contribution in [3.8, 4) is 11.1 Å². The van der Waals surface area contributed by atoms with Crippen LogP contribution in [0.1, 0.15) is 25.7 Å². The summed E-state index contributed by atoms with van der Waals surface area (Å²) in [7, 11) is 0. The molecule has 1 aromatic carbocycles. The van der Waals surface area contributed by atoms with Crippen LogP contribution < -0.4 is 4.90 Å². The van der Waals surface area contributed by atoms with Gasteiger partial charge in [0, 0.05) is 24.2 Å². The van der Waals surface area contributed by atoms with Crippen LogP contribution in [0.15, 0.2) is 18.5 Å². The van der Waals surface area contributed by atoms with Gasteiger partial charge in [-0.05, 0) is 25.7 Å².